The average molecular weight is 554 g/mol. The second-order valence-electron chi connectivity index (χ2n) is 11.1. The Hall–Kier alpha value is -3.44. The molecule has 1 amide bonds. The first kappa shape index (κ1) is 28.6. The molecule has 0 aromatic heterocycles. The van der Waals surface area contributed by atoms with Crippen molar-refractivity contribution in [3.8, 4) is 5.75 Å². The van der Waals surface area contributed by atoms with Crippen LogP contribution in [0.1, 0.15) is 52.5 Å². The molecular formula is C27H34F3N3O6. The molecule has 0 bridgehead atoms. The van der Waals surface area contributed by atoms with Gasteiger partial charge >= 0.3 is 12.1 Å². The van der Waals surface area contributed by atoms with E-state index in [1.807, 2.05) is 0 Å². The number of alkyl halides is 1. The maximum absolute atomic E-state index is 15.7. The Kier molecular flexibility index (Phi) is 7.77. The summed E-state index contributed by atoms with van der Waals surface area (Å²) >= 11 is 0. The van der Waals surface area contributed by atoms with Gasteiger partial charge in [-0.2, -0.15) is 0 Å². The number of alkyl carbamates (subject to hydrolysis) is 1. The van der Waals surface area contributed by atoms with Gasteiger partial charge in [0.15, 0.2) is 17.4 Å². The smallest absolute Gasteiger partial charge is 0.407 e. The van der Waals surface area contributed by atoms with Crippen LogP contribution in [0.2, 0.25) is 0 Å². The van der Waals surface area contributed by atoms with Crippen molar-refractivity contribution in [3.05, 3.63) is 28.8 Å². The van der Waals surface area contributed by atoms with Gasteiger partial charge in [0.05, 0.1) is 31.4 Å². The predicted molar refractivity (Wildman–Crippen MR) is 138 cm³/mol. The van der Waals surface area contributed by atoms with Crippen LogP contribution in [0.25, 0.3) is 5.76 Å². The molecular weight excluding hydrogens is 519 g/mol. The number of amides is 1. The molecule has 1 aromatic carbocycles. The molecule has 3 atom stereocenters. The minimum Gasteiger partial charge on any atom is -0.506 e. The topological polar surface area (TPSA) is 110 Å². The summed E-state index contributed by atoms with van der Waals surface area (Å²) in [6, 6.07) is -0.271. The van der Waals surface area contributed by atoms with E-state index in [0.717, 1.165) is 32.2 Å². The van der Waals surface area contributed by atoms with Gasteiger partial charge in [0.2, 0.25) is 0 Å². The molecule has 1 aromatic rings. The Morgan fingerprint density at radius 2 is 1.97 bits per heavy atom. The van der Waals surface area contributed by atoms with Gasteiger partial charge in [-0.05, 0) is 46.6 Å². The van der Waals surface area contributed by atoms with Crippen LogP contribution in [0.5, 0.6) is 5.75 Å². The minimum atomic E-state index is -1.16. The number of aliphatic imine (C=N–C) groups is 1. The molecule has 3 aliphatic rings. The first-order chi connectivity index (χ1) is 18.3. The van der Waals surface area contributed by atoms with Crippen LogP contribution in [0, 0.1) is 17.0 Å². The summed E-state index contributed by atoms with van der Waals surface area (Å²) in [6.07, 6.45) is 0.911. The van der Waals surface area contributed by atoms with Gasteiger partial charge in [0.1, 0.15) is 28.8 Å². The molecule has 214 valence electrons. The van der Waals surface area contributed by atoms with Gasteiger partial charge in [-0.1, -0.05) is 0 Å². The van der Waals surface area contributed by atoms with Crippen LogP contribution < -0.4 is 15.0 Å². The van der Waals surface area contributed by atoms with Crippen LogP contribution in [0.4, 0.5) is 23.7 Å². The van der Waals surface area contributed by atoms with Crippen molar-refractivity contribution in [1.82, 2.24) is 5.32 Å². The molecule has 0 radical (unpaired) electrons. The maximum Gasteiger partial charge on any atom is 0.407 e. The van der Waals surface area contributed by atoms with E-state index in [4.69, 9.17) is 14.2 Å². The molecule has 2 saturated carbocycles. The van der Waals surface area contributed by atoms with Gasteiger partial charge in [-0.25, -0.2) is 22.8 Å². The summed E-state index contributed by atoms with van der Waals surface area (Å²) in [5, 5.41) is 13.7. The lowest BCUT2D eigenvalue weighted by atomic mass is 10.0. The van der Waals surface area contributed by atoms with Crippen LogP contribution in [0.3, 0.4) is 0 Å². The number of rotatable bonds is 8. The predicted octanol–water partition coefficient (Wildman–Crippen LogP) is 4.48. The van der Waals surface area contributed by atoms with E-state index >= 15 is 8.78 Å². The van der Waals surface area contributed by atoms with Crippen molar-refractivity contribution >= 4 is 29.7 Å². The number of methoxy groups -OCH3 is 1. The second-order valence-corrected chi connectivity index (χ2v) is 11.1. The first-order valence-electron chi connectivity index (χ1n) is 12.9. The normalized spacial score (nSPS) is 24.0. The number of carbonyl (C=O) groups excluding carboxylic acids is 2. The van der Waals surface area contributed by atoms with E-state index in [1.165, 1.54) is 6.92 Å². The molecule has 1 aliphatic heterocycles. The molecule has 9 nitrogen and oxygen atoms in total. The number of anilines is 1. The number of esters is 1. The lowest BCUT2D eigenvalue weighted by molar-refractivity contribution is -0.137. The summed E-state index contributed by atoms with van der Waals surface area (Å²) in [6.45, 7) is 7.25. The largest absolute Gasteiger partial charge is 0.506 e. The number of benzene rings is 1. The quantitative estimate of drug-likeness (QED) is 0.211. The zero-order chi connectivity index (χ0) is 28.7. The first-order valence-corrected chi connectivity index (χ1v) is 12.9. The van der Waals surface area contributed by atoms with E-state index in [0.29, 0.717) is 6.54 Å². The average Bonchev–Trinajstić information content (AvgIpc) is 3.73. The Morgan fingerprint density at radius 1 is 1.31 bits per heavy atom. The Bertz CT molecular complexity index is 1210. The van der Waals surface area contributed by atoms with Gasteiger partial charge < -0.3 is 29.5 Å². The zero-order valence-corrected chi connectivity index (χ0v) is 22.6. The Labute approximate surface area is 225 Å². The van der Waals surface area contributed by atoms with E-state index in [9.17, 15) is 19.1 Å². The van der Waals surface area contributed by atoms with Gasteiger partial charge in [0, 0.05) is 31.1 Å². The van der Waals surface area contributed by atoms with Crippen LogP contribution in [-0.4, -0.2) is 74.0 Å². The maximum atomic E-state index is 15.7. The fourth-order valence-corrected chi connectivity index (χ4v) is 4.74. The lowest BCUT2D eigenvalue weighted by Crippen LogP contribution is -2.44. The number of aliphatic hydroxyl groups excluding tert-OH is 1. The second kappa shape index (κ2) is 10.6. The summed E-state index contributed by atoms with van der Waals surface area (Å²) in [7, 11) is 1.16. The summed E-state index contributed by atoms with van der Waals surface area (Å²) in [5.41, 5.74) is -2.35. The molecule has 39 heavy (non-hydrogen) atoms. The van der Waals surface area contributed by atoms with Crippen molar-refractivity contribution in [3.63, 3.8) is 0 Å². The number of hydrogen-bond donors (Lipinski definition) is 2. The third kappa shape index (κ3) is 6.09. The van der Waals surface area contributed by atoms with Crippen LogP contribution in [0.15, 0.2) is 16.6 Å². The number of nitrogens with zero attached hydrogens (tertiary/aromatic N) is 2. The lowest BCUT2D eigenvalue weighted by Gasteiger charge is -2.24. The van der Waals surface area contributed by atoms with Crippen LogP contribution >= 0.6 is 0 Å². The van der Waals surface area contributed by atoms with Gasteiger partial charge in [0.25, 0.3) is 0 Å². The Balaban J connectivity index is 1.66. The van der Waals surface area contributed by atoms with Crippen molar-refractivity contribution in [1.29, 1.82) is 0 Å². The molecule has 1 heterocycles. The summed E-state index contributed by atoms with van der Waals surface area (Å²) in [4.78, 5) is 30.4. The molecule has 2 N–H and O–H groups in total. The highest BCUT2D eigenvalue weighted by Gasteiger charge is 2.56. The molecule has 1 saturated heterocycles. The number of nitrogens with one attached hydrogen (secondary N) is 1. The van der Waals surface area contributed by atoms with Crippen molar-refractivity contribution in [2.24, 2.45) is 10.4 Å². The highest BCUT2D eigenvalue weighted by Crippen LogP contribution is 2.55. The molecule has 4 rings (SSSR count). The van der Waals surface area contributed by atoms with Crippen LogP contribution in [-0.2, 0) is 14.3 Å². The fourth-order valence-electron chi connectivity index (χ4n) is 4.74. The summed E-state index contributed by atoms with van der Waals surface area (Å²) < 4.78 is 60.2. The summed E-state index contributed by atoms with van der Waals surface area (Å²) in [5.74, 6) is -4.43. The minimum absolute atomic E-state index is 0.0487. The molecule has 1 spiro atoms. The SMILES string of the molecule is CCOC(=O)/C(C=N[C@@H]1C[C@@H]1F)=C(\O)c1cc(F)c(N2C[C@@H](NC(=O)OC(C)(C)C)C3(CC3)C2)c(OC)c1F. The van der Waals surface area contributed by atoms with E-state index < -0.39 is 64.2 Å². The molecule has 12 heteroatoms. The highest BCUT2D eigenvalue weighted by atomic mass is 19.1. The Morgan fingerprint density at radius 3 is 2.51 bits per heavy atom. The highest BCUT2D eigenvalue weighted by molar-refractivity contribution is 6.15. The number of carbonyl (C=O) groups is 2. The molecule has 3 fully saturated rings. The standard InChI is InChI=1S/C27H34F3N3O6/c1-6-38-24(35)15(11-31-18-10-16(18)28)22(34)14-9-17(29)21(23(37-5)20(14)30)33-12-19(27(13-33)7-8-27)32-25(36)39-26(2,3)4/h9,11,16,18-19,34H,6-8,10,12-13H2,1-5H3,(H,32,36)/b22-15-,31-11?/t16-,18+,19+/m0/s1. The van der Waals surface area contributed by atoms with E-state index in [2.05, 4.69) is 10.3 Å². The monoisotopic (exact) mass is 553 g/mol. The third-order valence-corrected chi connectivity index (χ3v) is 6.98. The third-order valence-electron chi connectivity index (χ3n) is 6.98. The van der Waals surface area contributed by atoms with E-state index in [1.54, 1.807) is 25.7 Å². The van der Waals surface area contributed by atoms with E-state index in [-0.39, 0.29) is 36.7 Å². The fraction of sp³-hybridized carbons (Fsp3) is 0.593. The van der Waals surface area contributed by atoms with Crippen molar-refractivity contribution < 1.29 is 42.1 Å². The van der Waals surface area contributed by atoms with Crippen molar-refractivity contribution in [2.45, 2.75) is 70.8 Å². The number of halogens is 3. The number of ether oxygens (including phenoxy) is 3. The number of aliphatic hydroxyl groups is 1. The zero-order valence-electron chi connectivity index (χ0n) is 22.6. The number of hydrogen-bond acceptors (Lipinski definition) is 8. The van der Waals surface area contributed by atoms with Crippen molar-refractivity contribution in [2.75, 3.05) is 31.7 Å². The molecule has 0 unspecified atom stereocenters. The molecule has 2 aliphatic carbocycles. The van der Waals surface area contributed by atoms with Gasteiger partial charge in [-0.3, -0.25) is 4.99 Å². The van der Waals surface area contributed by atoms with Gasteiger partial charge in [-0.15, -0.1) is 0 Å².